The molecule has 1 amide bonds. The minimum absolute atomic E-state index is 0.0440. The molecule has 1 fully saturated rings. The fraction of sp³-hybridized carbons (Fsp3) is 0.500. The smallest absolute Gasteiger partial charge is 0.263 e. The lowest BCUT2D eigenvalue weighted by Gasteiger charge is -2.34. The van der Waals surface area contributed by atoms with Crippen LogP contribution in [0.1, 0.15) is 50.0 Å². The van der Waals surface area contributed by atoms with Gasteiger partial charge in [-0.25, -0.2) is 9.97 Å². The molecule has 1 unspecified atom stereocenters. The second kappa shape index (κ2) is 8.05. The molecule has 0 aromatic carbocycles. The van der Waals surface area contributed by atoms with E-state index in [4.69, 9.17) is 0 Å². The van der Waals surface area contributed by atoms with Gasteiger partial charge in [0.2, 0.25) is 0 Å². The molecule has 1 atom stereocenters. The highest BCUT2D eigenvalue weighted by Crippen LogP contribution is 2.27. The van der Waals surface area contributed by atoms with Crippen LogP contribution in [-0.4, -0.2) is 35.5 Å². The molecule has 27 heavy (non-hydrogen) atoms. The Kier molecular flexibility index (Phi) is 5.76. The van der Waals surface area contributed by atoms with Crippen molar-refractivity contribution in [2.24, 2.45) is 5.92 Å². The van der Waals surface area contributed by atoms with Gasteiger partial charge < -0.3 is 10.2 Å². The number of amides is 1. The number of aromatic nitrogens is 2. The van der Waals surface area contributed by atoms with Gasteiger partial charge in [0.05, 0.1) is 16.3 Å². The number of rotatable bonds is 4. The van der Waals surface area contributed by atoms with Crippen LogP contribution in [0.4, 0.5) is 5.82 Å². The van der Waals surface area contributed by atoms with Gasteiger partial charge in [-0.05, 0) is 58.1 Å². The maximum atomic E-state index is 12.5. The summed E-state index contributed by atoms with van der Waals surface area (Å²) in [7, 11) is 0. The first-order chi connectivity index (χ1) is 12.9. The number of aryl methyl sites for hydroxylation is 4. The molecule has 1 aliphatic rings. The zero-order valence-corrected chi connectivity index (χ0v) is 17.1. The van der Waals surface area contributed by atoms with Crippen LogP contribution in [0.25, 0.3) is 0 Å². The van der Waals surface area contributed by atoms with Crippen molar-refractivity contribution in [3.63, 3.8) is 0 Å². The summed E-state index contributed by atoms with van der Waals surface area (Å²) in [4.78, 5) is 24.3. The van der Waals surface area contributed by atoms with E-state index in [0.717, 1.165) is 53.7 Å². The number of thiazole rings is 1. The molecule has 142 valence electrons. The third kappa shape index (κ3) is 4.28. The summed E-state index contributed by atoms with van der Waals surface area (Å²) in [5, 5.41) is 13.5. The Morgan fingerprint density at radius 2 is 2.15 bits per heavy atom. The first kappa shape index (κ1) is 19.3. The van der Waals surface area contributed by atoms with E-state index in [1.807, 2.05) is 33.8 Å². The van der Waals surface area contributed by atoms with Crippen LogP contribution < -0.4 is 10.2 Å². The Labute approximate surface area is 164 Å². The first-order valence-corrected chi connectivity index (χ1v) is 10.1. The van der Waals surface area contributed by atoms with Gasteiger partial charge in [0.15, 0.2) is 0 Å². The molecule has 1 aliphatic heterocycles. The monoisotopic (exact) mass is 383 g/mol. The van der Waals surface area contributed by atoms with Crippen LogP contribution in [0, 0.1) is 44.9 Å². The molecule has 3 heterocycles. The molecule has 0 radical (unpaired) electrons. The van der Waals surface area contributed by atoms with E-state index in [1.54, 1.807) is 0 Å². The van der Waals surface area contributed by atoms with Crippen LogP contribution >= 0.6 is 11.3 Å². The highest BCUT2D eigenvalue weighted by atomic mass is 32.1. The number of pyridine rings is 1. The number of hydrogen-bond donors (Lipinski definition) is 1. The summed E-state index contributed by atoms with van der Waals surface area (Å²) in [6.45, 7) is 10.0. The Balaban J connectivity index is 1.68. The zero-order chi connectivity index (χ0) is 19.6. The number of nitriles is 1. The highest BCUT2D eigenvalue weighted by Gasteiger charge is 2.25. The van der Waals surface area contributed by atoms with Crippen LogP contribution in [0.2, 0.25) is 0 Å². The van der Waals surface area contributed by atoms with E-state index in [-0.39, 0.29) is 5.91 Å². The first-order valence-electron chi connectivity index (χ1n) is 9.24. The van der Waals surface area contributed by atoms with Crippen molar-refractivity contribution in [3.05, 3.63) is 38.5 Å². The number of hydrogen-bond acceptors (Lipinski definition) is 6. The lowest BCUT2D eigenvalue weighted by Crippen LogP contribution is -2.41. The van der Waals surface area contributed by atoms with Gasteiger partial charge in [-0.3, -0.25) is 4.79 Å². The number of nitrogens with zero attached hydrogens (tertiary/aromatic N) is 4. The molecule has 2 aromatic rings. The molecular formula is C20H25N5OS. The van der Waals surface area contributed by atoms with Gasteiger partial charge in [-0.1, -0.05) is 0 Å². The van der Waals surface area contributed by atoms with E-state index in [9.17, 15) is 10.1 Å². The second-order valence-corrected chi connectivity index (χ2v) is 8.41. The summed E-state index contributed by atoms with van der Waals surface area (Å²) < 4.78 is 0. The number of carbonyl (C=O) groups is 1. The Morgan fingerprint density at radius 1 is 1.37 bits per heavy atom. The van der Waals surface area contributed by atoms with Crippen LogP contribution in [0.15, 0.2) is 6.07 Å². The van der Waals surface area contributed by atoms with Crippen LogP contribution in [0.3, 0.4) is 0 Å². The molecule has 6 nitrogen and oxygen atoms in total. The number of piperidine rings is 1. The average Bonchev–Trinajstić information content (AvgIpc) is 2.97. The standard InChI is InChI=1S/C20H25N5OS/c1-12-8-13(2)23-19(17(12)9-21)25-7-5-6-16(11-25)10-22-20(26)18-14(3)24-15(4)27-18/h8,16H,5-7,10-11H2,1-4H3,(H,22,26). The van der Waals surface area contributed by atoms with Crippen molar-refractivity contribution in [1.29, 1.82) is 5.26 Å². The molecule has 0 saturated carbocycles. The lowest BCUT2D eigenvalue weighted by molar-refractivity contribution is 0.0949. The van der Waals surface area contributed by atoms with Crippen molar-refractivity contribution in [2.75, 3.05) is 24.5 Å². The van der Waals surface area contributed by atoms with Crippen molar-refractivity contribution < 1.29 is 4.79 Å². The fourth-order valence-corrected chi connectivity index (χ4v) is 4.50. The van der Waals surface area contributed by atoms with E-state index in [2.05, 4.69) is 26.3 Å². The molecular weight excluding hydrogens is 358 g/mol. The Morgan fingerprint density at radius 3 is 2.81 bits per heavy atom. The van der Waals surface area contributed by atoms with E-state index in [1.165, 1.54) is 11.3 Å². The minimum atomic E-state index is -0.0440. The third-order valence-electron chi connectivity index (χ3n) is 4.92. The predicted molar refractivity (Wildman–Crippen MR) is 107 cm³/mol. The van der Waals surface area contributed by atoms with Crippen molar-refractivity contribution >= 4 is 23.1 Å². The molecule has 0 spiro atoms. The maximum absolute atomic E-state index is 12.5. The van der Waals surface area contributed by atoms with Crippen molar-refractivity contribution in [3.8, 4) is 6.07 Å². The summed E-state index contributed by atoms with van der Waals surface area (Å²) in [5.41, 5.74) is 3.33. The molecule has 1 N–H and O–H groups in total. The van der Waals surface area contributed by atoms with E-state index < -0.39 is 0 Å². The molecule has 3 rings (SSSR count). The fourth-order valence-electron chi connectivity index (χ4n) is 3.67. The topological polar surface area (TPSA) is 81.9 Å². The van der Waals surface area contributed by atoms with Gasteiger partial charge in [0.1, 0.15) is 16.8 Å². The number of nitrogens with one attached hydrogen (secondary N) is 1. The zero-order valence-electron chi connectivity index (χ0n) is 16.3. The summed E-state index contributed by atoms with van der Waals surface area (Å²) in [5.74, 6) is 1.07. The lowest BCUT2D eigenvalue weighted by atomic mass is 9.97. The van der Waals surface area contributed by atoms with Gasteiger partial charge >= 0.3 is 0 Å². The molecule has 0 aliphatic carbocycles. The predicted octanol–water partition coefficient (Wildman–Crippen LogP) is 3.29. The molecule has 2 aromatic heterocycles. The van der Waals surface area contributed by atoms with E-state index >= 15 is 0 Å². The van der Waals surface area contributed by atoms with Crippen LogP contribution in [-0.2, 0) is 0 Å². The van der Waals surface area contributed by atoms with E-state index in [0.29, 0.717) is 22.9 Å². The quantitative estimate of drug-likeness (QED) is 0.876. The summed E-state index contributed by atoms with van der Waals surface area (Å²) in [6, 6.07) is 4.25. The van der Waals surface area contributed by atoms with Gasteiger partial charge in [-0.15, -0.1) is 11.3 Å². The third-order valence-corrected chi connectivity index (χ3v) is 5.99. The average molecular weight is 384 g/mol. The highest BCUT2D eigenvalue weighted by molar-refractivity contribution is 7.13. The molecule has 1 saturated heterocycles. The summed E-state index contributed by atoms with van der Waals surface area (Å²) in [6.07, 6.45) is 2.09. The van der Waals surface area contributed by atoms with Crippen LogP contribution in [0.5, 0.6) is 0 Å². The maximum Gasteiger partial charge on any atom is 0.263 e. The Bertz CT molecular complexity index is 899. The van der Waals surface area contributed by atoms with Crippen molar-refractivity contribution in [2.45, 2.75) is 40.5 Å². The molecule has 0 bridgehead atoms. The second-order valence-electron chi connectivity index (χ2n) is 7.20. The van der Waals surface area contributed by atoms with Gasteiger partial charge in [0, 0.05) is 25.3 Å². The van der Waals surface area contributed by atoms with Gasteiger partial charge in [0.25, 0.3) is 5.91 Å². The Hall–Kier alpha value is -2.46. The van der Waals surface area contributed by atoms with Crippen molar-refractivity contribution in [1.82, 2.24) is 15.3 Å². The minimum Gasteiger partial charge on any atom is -0.355 e. The number of anilines is 1. The molecule has 7 heteroatoms. The summed E-state index contributed by atoms with van der Waals surface area (Å²) >= 11 is 1.43. The SMILES string of the molecule is Cc1cc(C)c(C#N)c(N2CCCC(CNC(=O)c3sc(C)nc3C)C2)n1. The normalized spacial score (nSPS) is 16.9. The number of carbonyl (C=O) groups excluding carboxylic acids is 1. The largest absolute Gasteiger partial charge is 0.355 e. The van der Waals surface area contributed by atoms with Gasteiger partial charge in [-0.2, -0.15) is 5.26 Å².